The molecule has 6 nitrogen and oxygen atoms in total. The number of benzene rings is 1. The van der Waals surface area contributed by atoms with Gasteiger partial charge in [-0.2, -0.15) is 0 Å². The molecule has 19 heavy (non-hydrogen) atoms. The lowest BCUT2D eigenvalue weighted by molar-refractivity contribution is 0.0689. The van der Waals surface area contributed by atoms with Crippen LogP contribution in [-0.2, 0) is 0 Å². The Morgan fingerprint density at radius 3 is 2.58 bits per heavy atom. The lowest BCUT2D eigenvalue weighted by Crippen LogP contribution is -2.05. The molecule has 1 aromatic heterocycles. The highest BCUT2D eigenvalue weighted by Crippen LogP contribution is 2.41. The van der Waals surface area contributed by atoms with Crippen molar-refractivity contribution >= 4 is 5.97 Å². The second-order valence-corrected chi connectivity index (χ2v) is 4.51. The molecule has 1 saturated carbocycles. The Hall–Kier alpha value is -2.37. The zero-order valence-electron chi connectivity index (χ0n) is 10.4. The van der Waals surface area contributed by atoms with Crippen LogP contribution in [0.5, 0.6) is 5.75 Å². The van der Waals surface area contributed by atoms with Crippen molar-refractivity contribution in [2.75, 3.05) is 7.11 Å². The third-order valence-electron chi connectivity index (χ3n) is 3.19. The summed E-state index contributed by atoms with van der Waals surface area (Å²) in [6.07, 6.45) is 1.98. The fourth-order valence-corrected chi connectivity index (χ4v) is 2.08. The molecule has 1 N–H and O–H groups in total. The first kappa shape index (κ1) is 11.7. The van der Waals surface area contributed by atoms with Crippen LogP contribution in [0.15, 0.2) is 24.3 Å². The van der Waals surface area contributed by atoms with Gasteiger partial charge in [-0.25, -0.2) is 9.48 Å². The van der Waals surface area contributed by atoms with E-state index >= 15 is 0 Å². The molecule has 3 rings (SSSR count). The van der Waals surface area contributed by atoms with E-state index in [0.717, 1.165) is 24.3 Å². The first-order chi connectivity index (χ1) is 9.20. The first-order valence-electron chi connectivity index (χ1n) is 6.04. The van der Waals surface area contributed by atoms with Crippen LogP contribution in [0.25, 0.3) is 5.69 Å². The molecular formula is C13H13N3O3. The monoisotopic (exact) mass is 259 g/mol. The van der Waals surface area contributed by atoms with Gasteiger partial charge in [-0.05, 0) is 37.1 Å². The Bertz CT molecular complexity index is 615. The quantitative estimate of drug-likeness (QED) is 0.906. The van der Waals surface area contributed by atoms with Crippen molar-refractivity contribution in [1.82, 2.24) is 15.0 Å². The van der Waals surface area contributed by atoms with Gasteiger partial charge in [-0.3, -0.25) is 0 Å². The fourth-order valence-electron chi connectivity index (χ4n) is 2.08. The Morgan fingerprint density at radius 1 is 1.37 bits per heavy atom. The van der Waals surface area contributed by atoms with E-state index in [2.05, 4.69) is 10.3 Å². The average Bonchev–Trinajstić information content (AvgIpc) is 3.17. The zero-order chi connectivity index (χ0) is 13.4. The van der Waals surface area contributed by atoms with Crippen LogP contribution in [-0.4, -0.2) is 33.2 Å². The molecular weight excluding hydrogens is 246 g/mol. The van der Waals surface area contributed by atoms with Crippen molar-refractivity contribution in [1.29, 1.82) is 0 Å². The van der Waals surface area contributed by atoms with Gasteiger partial charge in [0.15, 0.2) is 5.69 Å². The summed E-state index contributed by atoms with van der Waals surface area (Å²) < 4.78 is 6.71. The third-order valence-corrected chi connectivity index (χ3v) is 3.19. The number of nitrogens with zero attached hydrogens (tertiary/aromatic N) is 3. The summed E-state index contributed by atoms with van der Waals surface area (Å²) in [5.41, 5.74) is 1.54. The molecule has 6 heteroatoms. The second-order valence-electron chi connectivity index (χ2n) is 4.51. The minimum atomic E-state index is -1.03. The number of aromatic nitrogens is 3. The third kappa shape index (κ3) is 2.05. The summed E-state index contributed by atoms with van der Waals surface area (Å²) in [4.78, 5) is 11.2. The average molecular weight is 259 g/mol. The van der Waals surface area contributed by atoms with E-state index in [9.17, 15) is 4.79 Å². The molecule has 0 radical (unpaired) electrons. The molecule has 1 heterocycles. The topological polar surface area (TPSA) is 77.2 Å². The SMILES string of the molecule is COc1ccc(-n2nnc(C(=O)O)c2C2CC2)cc1. The van der Waals surface area contributed by atoms with Crippen molar-refractivity contribution in [2.24, 2.45) is 0 Å². The second kappa shape index (κ2) is 4.38. The number of ether oxygens (including phenoxy) is 1. The number of hydrogen-bond acceptors (Lipinski definition) is 4. The number of methoxy groups -OCH3 is 1. The van der Waals surface area contributed by atoms with Crippen LogP contribution in [0.4, 0.5) is 0 Å². The smallest absolute Gasteiger partial charge is 0.358 e. The molecule has 0 amide bonds. The number of carboxylic acids is 1. The van der Waals surface area contributed by atoms with Gasteiger partial charge in [0, 0.05) is 5.92 Å². The van der Waals surface area contributed by atoms with E-state index in [1.165, 1.54) is 0 Å². The molecule has 1 aromatic carbocycles. The number of rotatable bonds is 4. The molecule has 0 unspecified atom stereocenters. The maximum atomic E-state index is 11.2. The predicted molar refractivity (Wildman–Crippen MR) is 66.8 cm³/mol. The van der Waals surface area contributed by atoms with Crippen LogP contribution in [0.2, 0.25) is 0 Å². The van der Waals surface area contributed by atoms with Crippen LogP contribution >= 0.6 is 0 Å². The Labute approximate surface area is 109 Å². The summed E-state index contributed by atoms with van der Waals surface area (Å²) >= 11 is 0. The van der Waals surface area contributed by atoms with Crippen molar-refractivity contribution in [3.05, 3.63) is 35.7 Å². The van der Waals surface area contributed by atoms with Gasteiger partial charge >= 0.3 is 5.97 Å². The Balaban J connectivity index is 2.06. The molecule has 0 bridgehead atoms. The van der Waals surface area contributed by atoms with Gasteiger partial charge in [0.1, 0.15) is 5.75 Å². The van der Waals surface area contributed by atoms with Crippen LogP contribution in [0, 0.1) is 0 Å². The van der Waals surface area contributed by atoms with E-state index < -0.39 is 5.97 Å². The van der Waals surface area contributed by atoms with Gasteiger partial charge in [-0.15, -0.1) is 5.10 Å². The van der Waals surface area contributed by atoms with Crippen molar-refractivity contribution in [3.8, 4) is 11.4 Å². The van der Waals surface area contributed by atoms with Crippen LogP contribution in [0.3, 0.4) is 0 Å². The summed E-state index contributed by atoms with van der Waals surface area (Å²) in [5.74, 6) is -0.0276. The lowest BCUT2D eigenvalue weighted by Gasteiger charge is -2.06. The summed E-state index contributed by atoms with van der Waals surface area (Å²) in [6, 6.07) is 7.30. The summed E-state index contributed by atoms with van der Waals surface area (Å²) in [6.45, 7) is 0. The number of aromatic carboxylic acids is 1. The Kier molecular flexibility index (Phi) is 2.70. The predicted octanol–water partition coefficient (Wildman–Crippen LogP) is 1.85. The van der Waals surface area contributed by atoms with Gasteiger partial charge < -0.3 is 9.84 Å². The van der Waals surface area contributed by atoms with Crippen LogP contribution < -0.4 is 4.74 Å². The molecule has 98 valence electrons. The maximum absolute atomic E-state index is 11.2. The normalized spacial score (nSPS) is 14.4. The number of carbonyl (C=O) groups is 1. The maximum Gasteiger partial charge on any atom is 0.358 e. The van der Waals surface area contributed by atoms with E-state index in [0.29, 0.717) is 5.69 Å². The molecule has 1 aliphatic carbocycles. The molecule has 0 atom stereocenters. The van der Waals surface area contributed by atoms with E-state index in [1.807, 2.05) is 24.3 Å². The van der Waals surface area contributed by atoms with E-state index in [-0.39, 0.29) is 11.6 Å². The molecule has 1 aliphatic rings. The molecule has 0 saturated heterocycles. The Morgan fingerprint density at radius 2 is 2.05 bits per heavy atom. The van der Waals surface area contributed by atoms with Crippen molar-refractivity contribution in [3.63, 3.8) is 0 Å². The van der Waals surface area contributed by atoms with Gasteiger partial charge in [-0.1, -0.05) is 5.21 Å². The molecule has 0 spiro atoms. The zero-order valence-corrected chi connectivity index (χ0v) is 10.4. The van der Waals surface area contributed by atoms with Gasteiger partial charge in [0.05, 0.1) is 18.5 Å². The fraction of sp³-hybridized carbons (Fsp3) is 0.308. The van der Waals surface area contributed by atoms with Crippen molar-refractivity contribution in [2.45, 2.75) is 18.8 Å². The summed E-state index contributed by atoms with van der Waals surface area (Å²) in [5, 5.41) is 16.9. The molecule has 1 fully saturated rings. The summed E-state index contributed by atoms with van der Waals surface area (Å²) in [7, 11) is 1.60. The minimum Gasteiger partial charge on any atom is -0.497 e. The van der Waals surface area contributed by atoms with E-state index in [4.69, 9.17) is 9.84 Å². The highest BCUT2D eigenvalue weighted by atomic mass is 16.5. The number of hydrogen-bond donors (Lipinski definition) is 1. The van der Waals surface area contributed by atoms with E-state index in [1.54, 1.807) is 11.8 Å². The van der Waals surface area contributed by atoms with Gasteiger partial charge in [0.2, 0.25) is 0 Å². The minimum absolute atomic E-state index is 0.0540. The standard InChI is InChI=1S/C13H13N3O3/c1-19-10-6-4-9(5-7-10)16-12(8-2-3-8)11(13(17)18)14-15-16/h4-8H,2-3H2,1H3,(H,17,18). The molecule has 2 aromatic rings. The molecule has 0 aliphatic heterocycles. The number of carboxylic acid groups (broad SMARTS) is 1. The largest absolute Gasteiger partial charge is 0.497 e. The van der Waals surface area contributed by atoms with Crippen molar-refractivity contribution < 1.29 is 14.6 Å². The van der Waals surface area contributed by atoms with Crippen LogP contribution in [0.1, 0.15) is 34.9 Å². The van der Waals surface area contributed by atoms with Gasteiger partial charge in [0.25, 0.3) is 0 Å². The first-order valence-corrected chi connectivity index (χ1v) is 6.04. The highest BCUT2D eigenvalue weighted by Gasteiger charge is 2.34. The lowest BCUT2D eigenvalue weighted by atomic mass is 10.2. The highest BCUT2D eigenvalue weighted by molar-refractivity contribution is 5.87.